The molecule has 2 rings (SSSR count). The van der Waals surface area contributed by atoms with Gasteiger partial charge in [-0.15, -0.1) is 0 Å². The van der Waals surface area contributed by atoms with E-state index in [1.54, 1.807) is 13.8 Å². The molecule has 1 atom stereocenters. The molecule has 2 N–H and O–H groups in total. The molecule has 152 valence electrons. The van der Waals surface area contributed by atoms with E-state index >= 15 is 0 Å². The molecule has 1 unspecified atom stereocenters. The van der Waals surface area contributed by atoms with Gasteiger partial charge in [-0.1, -0.05) is 6.92 Å². The van der Waals surface area contributed by atoms with E-state index in [1.807, 2.05) is 0 Å². The Bertz CT molecular complexity index is 753. The van der Waals surface area contributed by atoms with Crippen LogP contribution in [0, 0.1) is 11.7 Å². The smallest absolute Gasteiger partial charge is 0.251 e. The number of nitrogens with zero attached hydrogens (tertiary/aromatic N) is 1. The van der Waals surface area contributed by atoms with Crippen molar-refractivity contribution in [2.75, 3.05) is 26.2 Å². The number of benzene rings is 1. The van der Waals surface area contributed by atoms with E-state index in [1.165, 1.54) is 18.9 Å². The molecule has 0 spiro atoms. The van der Waals surface area contributed by atoms with Gasteiger partial charge in [0.2, 0.25) is 10.0 Å². The van der Waals surface area contributed by atoms with E-state index in [9.17, 15) is 17.6 Å². The molecule has 8 heteroatoms. The predicted octanol–water partition coefficient (Wildman–Crippen LogP) is 2.36. The number of carbonyl (C=O) groups is 1. The van der Waals surface area contributed by atoms with Gasteiger partial charge in [0.1, 0.15) is 10.7 Å². The topological polar surface area (TPSA) is 78.5 Å². The summed E-state index contributed by atoms with van der Waals surface area (Å²) in [5.74, 6) is -0.561. The van der Waals surface area contributed by atoms with Crippen molar-refractivity contribution in [3.63, 3.8) is 0 Å². The average Bonchev–Trinajstić information content (AvgIpc) is 2.57. The summed E-state index contributed by atoms with van der Waals surface area (Å²) < 4.78 is 40.7. The highest BCUT2D eigenvalue weighted by atomic mass is 32.2. The van der Waals surface area contributed by atoms with Gasteiger partial charge in [-0.25, -0.2) is 17.5 Å². The van der Waals surface area contributed by atoms with E-state index in [4.69, 9.17) is 0 Å². The third-order valence-corrected chi connectivity index (χ3v) is 6.23. The zero-order valence-electron chi connectivity index (χ0n) is 16.3. The van der Waals surface area contributed by atoms with Gasteiger partial charge in [-0.2, -0.15) is 0 Å². The molecule has 1 aliphatic heterocycles. The lowest BCUT2D eigenvalue weighted by Gasteiger charge is -2.30. The lowest BCUT2D eigenvalue weighted by atomic mass is 10.0. The largest absolute Gasteiger partial charge is 0.352 e. The van der Waals surface area contributed by atoms with Crippen LogP contribution in [-0.4, -0.2) is 51.4 Å². The molecular weight excluding hydrogens is 369 g/mol. The third-order valence-electron chi connectivity index (χ3n) is 4.55. The average molecular weight is 400 g/mol. The zero-order chi connectivity index (χ0) is 20.0. The minimum absolute atomic E-state index is 0.132. The van der Waals surface area contributed by atoms with E-state index < -0.39 is 26.6 Å². The van der Waals surface area contributed by atoms with E-state index in [0.717, 1.165) is 38.2 Å². The minimum Gasteiger partial charge on any atom is -0.352 e. The Morgan fingerprint density at radius 1 is 1.37 bits per heavy atom. The summed E-state index contributed by atoms with van der Waals surface area (Å²) in [7, 11) is -4.00. The van der Waals surface area contributed by atoms with Gasteiger partial charge >= 0.3 is 0 Å². The summed E-state index contributed by atoms with van der Waals surface area (Å²) in [6.07, 6.45) is 3.30. The number of likely N-dealkylation sites (tertiary alicyclic amines) is 1. The first-order chi connectivity index (χ1) is 12.7. The Morgan fingerprint density at radius 2 is 2.11 bits per heavy atom. The molecule has 1 aromatic rings. The zero-order valence-corrected chi connectivity index (χ0v) is 17.1. The van der Waals surface area contributed by atoms with Crippen LogP contribution in [0.15, 0.2) is 23.1 Å². The molecule has 0 saturated carbocycles. The van der Waals surface area contributed by atoms with Crippen molar-refractivity contribution in [2.24, 2.45) is 5.92 Å². The van der Waals surface area contributed by atoms with Crippen LogP contribution >= 0.6 is 0 Å². The van der Waals surface area contributed by atoms with Crippen LogP contribution in [0.2, 0.25) is 0 Å². The maximum Gasteiger partial charge on any atom is 0.251 e. The van der Waals surface area contributed by atoms with Crippen molar-refractivity contribution in [1.29, 1.82) is 0 Å². The van der Waals surface area contributed by atoms with Crippen LogP contribution in [0.1, 0.15) is 50.4 Å². The number of piperidine rings is 1. The summed E-state index contributed by atoms with van der Waals surface area (Å²) in [6, 6.07) is 3.02. The molecule has 0 aliphatic carbocycles. The van der Waals surface area contributed by atoms with E-state index in [0.29, 0.717) is 12.5 Å². The second kappa shape index (κ2) is 9.61. The first-order valence-electron chi connectivity index (χ1n) is 9.51. The second-order valence-electron chi connectivity index (χ2n) is 7.58. The van der Waals surface area contributed by atoms with Gasteiger partial charge in [0.25, 0.3) is 5.91 Å². The van der Waals surface area contributed by atoms with Gasteiger partial charge in [0, 0.05) is 24.7 Å². The first-order valence-corrected chi connectivity index (χ1v) is 11.0. The second-order valence-corrected chi connectivity index (χ2v) is 9.26. The number of nitrogens with one attached hydrogen (secondary N) is 2. The number of halogens is 1. The summed E-state index contributed by atoms with van der Waals surface area (Å²) in [5, 5.41) is 2.79. The molecule has 1 saturated heterocycles. The first kappa shape index (κ1) is 21.8. The van der Waals surface area contributed by atoms with Crippen LogP contribution < -0.4 is 10.0 Å². The summed E-state index contributed by atoms with van der Waals surface area (Å²) in [5.41, 5.74) is 0.132. The highest BCUT2D eigenvalue weighted by Gasteiger charge is 2.22. The van der Waals surface area contributed by atoms with E-state index in [2.05, 4.69) is 21.9 Å². The molecule has 0 aromatic heterocycles. The summed E-state index contributed by atoms with van der Waals surface area (Å²) in [4.78, 5) is 14.2. The Balaban J connectivity index is 1.91. The van der Waals surface area contributed by atoms with Crippen LogP contribution in [0.25, 0.3) is 0 Å². The van der Waals surface area contributed by atoms with Crippen molar-refractivity contribution >= 4 is 15.9 Å². The highest BCUT2D eigenvalue weighted by Crippen LogP contribution is 2.17. The van der Waals surface area contributed by atoms with Crippen LogP contribution in [-0.2, 0) is 10.0 Å². The fourth-order valence-electron chi connectivity index (χ4n) is 3.32. The number of rotatable bonds is 8. The monoisotopic (exact) mass is 399 g/mol. The van der Waals surface area contributed by atoms with Crippen molar-refractivity contribution in [3.05, 3.63) is 29.6 Å². The fourth-order valence-corrected chi connectivity index (χ4v) is 4.68. The van der Waals surface area contributed by atoms with Crippen molar-refractivity contribution in [3.8, 4) is 0 Å². The van der Waals surface area contributed by atoms with Crippen LogP contribution in [0.3, 0.4) is 0 Å². The minimum atomic E-state index is -4.00. The van der Waals surface area contributed by atoms with E-state index in [-0.39, 0.29) is 11.6 Å². The molecule has 0 radical (unpaired) electrons. The number of carbonyl (C=O) groups excluding carboxylic acids is 1. The Kier molecular flexibility index (Phi) is 7.76. The molecular formula is C19H30FN3O3S. The number of amides is 1. The standard InChI is InChI=1S/C19H30FN3O3S/c1-14(2)22-27(25,26)18-12-16(7-8-17(18)20)19(24)21-9-5-11-23-10-4-6-15(3)13-23/h7-8,12,14-15,22H,4-6,9-11,13H2,1-3H3,(H,21,24). The number of sulfonamides is 1. The number of hydrogen-bond acceptors (Lipinski definition) is 4. The van der Waals surface area contributed by atoms with Crippen molar-refractivity contribution in [1.82, 2.24) is 14.9 Å². The van der Waals surface area contributed by atoms with Crippen LogP contribution in [0.5, 0.6) is 0 Å². The summed E-state index contributed by atoms with van der Waals surface area (Å²) >= 11 is 0. The Labute approximate surface area is 161 Å². The van der Waals surface area contributed by atoms with Gasteiger partial charge < -0.3 is 10.2 Å². The van der Waals surface area contributed by atoms with Gasteiger partial charge in [-0.3, -0.25) is 4.79 Å². The quantitative estimate of drug-likeness (QED) is 0.658. The molecule has 1 fully saturated rings. The normalized spacial score (nSPS) is 18.6. The third kappa shape index (κ3) is 6.55. The molecule has 1 aromatic carbocycles. The number of hydrogen-bond donors (Lipinski definition) is 2. The van der Waals surface area contributed by atoms with Gasteiger partial charge in [0.05, 0.1) is 0 Å². The van der Waals surface area contributed by atoms with Crippen molar-refractivity contribution in [2.45, 2.75) is 51.0 Å². The highest BCUT2D eigenvalue weighted by molar-refractivity contribution is 7.89. The van der Waals surface area contributed by atoms with Gasteiger partial charge in [0.15, 0.2) is 0 Å². The Morgan fingerprint density at radius 3 is 2.78 bits per heavy atom. The predicted molar refractivity (Wildman–Crippen MR) is 104 cm³/mol. The van der Waals surface area contributed by atoms with Crippen molar-refractivity contribution < 1.29 is 17.6 Å². The molecule has 27 heavy (non-hydrogen) atoms. The molecule has 0 bridgehead atoms. The lowest BCUT2D eigenvalue weighted by molar-refractivity contribution is 0.0950. The molecule has 1 aliphatic rings. The lowest BCUT2D eigenvalue weighted by Crippen LogP contribution is -2.36. The van der Waals surface area contributed by atoms with Gasteiger partial charge in [-0.05, 0) is 70.3 Å². The SMILES string of the molecule is CC1CCCN(CCCNC(=O)c2ccc(F)c(S(=O)(=O)NC(C)C)c2)C1. The molecule has 1 heterocycles. The molecule has 6 nitrogen and oxygen atoms in total. The summed E-state index contributed by atoms with van der Waals surface area (Å²) in [6.45, 7) is 9.15. The maximum atomic E-state index is 14.0. The maximum absolute atomic E-state index is 14.0. The Hall–Kier alpha value is -1.51. The fraction of sp³-hybridized carbons (Fsp3) is 0.632. The van der Waals surface area contributed by atoms with Crippen LogP contribution in [0.4, 0.5) is 4.39 Å². The molecule has 1 amide bonds.